The fraction of sp³-hybridized carbons (Fsp3) is 0.429. The predicted octanol–water partition coefficient (Wildman–Crippen LogP) is 1.70. The first-order valence-electron chi connectivity index (χ1n) is 5.96. The van der Waals surface area contributed by atoms with Crippen molar-refractivity contribution in [1.82, 2.24) is 0 Å². The molecule has 1 atom stereocenters. The van der Waals surface area contributed by atoms with Crippen LogP contribution >= 0.6 is 0 Å². The summed E-state index contributed by atoms with van der Waals surface area (Å²) in [4.78, 5) is 24.2. The number of hydrogen-bond acceptors (Lipinski definition) is 4. The van der Waals surface area contributed by atoms with Crippen LogP contribution in [0.15, 0.2) is 15.3 Å². The minimum Gasteiger partial charge on any atom is -0.464 e. The number of hydrogen-bond donors (Lipinski definition) is 1. The molecule has 0 aliphatic heterocycles. The SMILES string of the molecule is CCC1(C)C(=O)C=Cc2c1oc(C)c(CO)c2=O. The molecule has 0 amide bonds. The first-order chi connectivity index (χ1) is 8.45. The molecule has 18 heavy (non-hydrogen) atoms. The molecule has 96 valence electrons. The highest BCUT2D eigenvalue weighted by atomic mass is 16.3. The molecule has 0 bridgehead atoms. The summed E-state index contributed by atoms with van der Waals surface area (Å²) in [6, 6.07) is 0. The highest BCUT2D eigenvalue weighted by Gasteiger charge is 2.40. The smallest absolute Gasteiger partial charge is 0.198 e. The van der Waals surface area contributed by atoms with E-state index in [9.17, 15) is 14.7 Å². The lowest BCUT2D eigenvalue weighted by Crippen LogP contribution is -2.36. The summed E-state index contributed by atoms with van der Waals surface area (Å²) in [5, 5.41) is 9.19. The van der Waals surface area contributed by atoms with Crippen molar-refractivity contribution in [1.29, 1.82) is 0 Å². The Morgan fingerprint density at radius 3 is 2.56 bits per heavy atom. The van der Waals surface area contributed by atoms with Gasteiger partial charge in [0, 0.05) is 0 Å². The summed E-state index contributed by atoms with van der Waals surface area (Å²) in [5.74, 6) is 0.734. The Hall–Kier alpha value is -1.68. The molecule has 1 aromatic heterocycles. The average molecular weight is 248 g/mol. The average Bonchev–Trinajstić information content (AvgIpc) is 2.35. The van der Waals surface area contributed by atoms with Gasteiger partial charge < -0.3 is 9.52 Å². The van der Waals surface area contributed by atoms with E-state index in [2.05, 4.69) is 0 Å². The van der Waals surface area contributed by atoms with E-state index in [1.54, 1.807) is 13.8 Å². The molecule has 0 saturated heterocycles. The van der Waals surface area contributed by atoms with Crippen molar-refractivity contribution in [2.45, 2.75) is 39.2 Å². The Morgan fingerprint density at radius 1 is 1.33 bits per heavy atom. The summed E-state index contributed by atoms with van der Waals surface area (Å²) in [7, 11) is 0. The molecule has 0 spiro atoms. The van der Waals surface area contributed by atoms with Gasteiger partial charge in [0.1, 0.15) is 11.5 Å². The molecule has 1 aromatic rings. The highest BCUT2D eigenvalue weighted by Crippen LogP contribution is 2.35. The maximum absolute atomic E-state index is 12.2. The zero-order valence-corrected chi connectivity index (χ0v) is 10.7. The van der Waals surface area contributed by atoms with Gasteiger partial charge in [-0.1, -0.05) is 6.92 Å². The van der Waals surface area contributed by atoms with Gasteiger partial charge in [-0.15, -0.1) is 0 Å². The standard InChI is InChI=1S/C14H16O4/c1-4-14(3)11(16)6-5-9-12(17)10(7-15)8(2)18-13(9)14/h5-6,15H,4,7H2,1-3H3. The Morgan fingerprint density at radius 2 is 2.00 bits per heavy atom. The first kappa shape index (κ1) is 12.8. The van der Waals surface area contributed by atoms with Crippen LogP contribution in [0.2, 0.25) is 0 Å². The van der Waals surface area contributed by atoms with Gasteiger partial charge in [-0.25, -0.2) is 0 Å². The normalized spacial score (nSPS) is 22.1. The van der Waals surface area contributed by atoms with Gasteiger partial charge in [-0.3, -0.25) is 9.59 Å². The van der Waals surface area contributed by atoms with Crippen LogP contribution in [0.4, 0.5) is 0 Å². The largest absolute Gasteiger partial charge is 0.464 e. The molecular weight excluding hydrogens is 232 g/mol. The van der Waals surface area contributed by atoms with E-state index < -0.39 is 5.41 Å². The minimum absolute atomic E-state index is 0.0585. The Labute approximate surface area is 105 Å². The number of fused-ring (bicyclic) bond motifs is 1. The van der Waals surface area contributed by atoms with Gasteiger partial charge in [-0.05, 0) is 32.4 Å². The fourth-order valence-electron chi connectivity index (χ4n) is 2.23. The minimum atomic E-state index is -0.790. The second-order valence-corrected chi connectivity index (χ2v) is 4.75. The number of carbonyl (C=O) groups excluding carboxylic acids is 1. The van der Waals surface area contributed by atoms with Crippen LogP contribution in [0.3, 0.4) is 0 Å². The Balaban J connectivity index is 2.82. The lowest BCUT2D eigenvalue weighted by molar-refractivity contribution is -0.120. The summed E-state index contributed by atoms with van der Waals surface area (Å²) < 4.78 is 5.65. The molecule has 1 heterocycles. The molecule has 0 saturated carbocycles. The van der Waals surface area contributed by atoms with Crippen LogP contribution in [0, 0.1) is 6.92 Å². The van der Waals surface area contributed by atoms with Crippen molar-refractivity contribution in [2.75, 3.05) is 0 Å². The lowest BCUT2D eigenvalue weighted by atomic mass is 9.75. The number of aliphatic hydroxyl groups is 1. The van der Waals surface area contributed by atoms with Gasteiger partial charge in [0.15, 0.2) is 11.2 Å². The van der Waals surface area contributed by atoms with Gasteiger partial charge in [0.25, 0.3) is 0 Å². The predicted molar refractivity (Wildman–Crippen MR) is 67.3 cm³/mol. The number of carbonyl (C=O) groups is 1. The van der Waals surface area contributed by atoms with Crippen LogP contribution in [0.25, 0.3) is 6.08 Å². The number of allylic oxidation sites excluding steroid dienone is 1. The van der Waals surface area contributed by atoms with Crippen LogP contribution in [-0.2, 0) is 16.8 Å². The molecule has 0 radical (unpaired) electrons. The van der Waals surface area contributed by atoms with E-state index in [0.717, 1.165) is 0 Å². The van der Waals surface area contributed by atoms with Crippen LogP contribution in [-0.4, -0.2) is 10.9 Å². The monoisotopic (exact) mass is 248 g/mol. The van der Waals surface area contributed by atoms with E-state index in [-0.39, 0.29) is 23.4 Å². The van der Waals surface area contributed by atoms with Gasteiger partial charge in [0.05, 0.1) is 23.1 Å². The fourth-order valence-corrected chi connectivity index (χ4v) is 2.23. The number of aryl methyl sites for hydroxylation is 1. The Bertz CT molecular complexity index is 595. The second-order valence-electron chi connectivity index (χ2n) is 4.75. The number of aliphatic hydroxyl groups excluding tert-OH is 1. The van der Waals surface area contributed by atoms with Crippen molar-refractivity contribution >= 4 is 11.9 Å². The summed E-state index contributed by atoms with van der Waals surface area (Å²) in [6.45, 7) is 4.94. The molecule has 4 nitrogen and oxygen atoms in total. The van der Waals surface area contributed by atoms with E-state index in [4.69, 9.17) is 4.42 Å². The van der Waals surface area contributed by atoms with Crippen molar-refractivity contribution in [3.63, 3.8) is 0 Å². The second kappa shape index (κ2) is 4.21. The van der Waals surface area contributed by atoms with Crippen LogP contribution < -0.4 is 5.43 Å². The molecule has 0 aromatic carbocycles. The summed E-state index contributed by atoms with van der Waals surface area (Å²) >= 11 is 0. The first-order valence-corrected chi connectivity index (χ1v) is 5.96. The molecule has 1 aliphatic rings. The van der Waals surface area contributed by atoms with Crippen LogP contribution in [0.1, 0.15) is 42.9 Å². The summed E-state index contributed by atoms with van der Waals surface area (Å²) in [6.07, 6.45) is 3.46. The summed E-state index contributed by atoms with van der Waals surface area (Å²) in [5.41, 5.74) is -0.401. The zero-order valence-electron chi connectivity index (χ0n) is 10.7. The van der Waals surface area contributed by atoms with E-state index in [1.165, 1.54) is 12.2 Å². The molecule has 0 fully saturated rings. The maximum atomic E-state index is 12.2. The topological polar surface area (TPSA) is 67.5 Å². The van der Waals surface area contributed by atoms with Gasteiger partial charge in [-0.2, -0.15) is 0 Å². The third kappa shape index (κ3) is 1.56. The Kier molecular flexibility index (Phi) is 2.99. The van der Waals surface area contributed by atoms with Crippen molar-refractivity contribution in [3.05, 3.63) is 38.9 Å². The number of rotatable bonds is 2. The highest BCUT2D eigenvalue weighted by molar-refractivity contribution is 6.04. The number of ketones is 1. The zero-order chi connectivity index (χ0) is 13.5. The van der Waals surface area contributed by atoms with Crippen molar-refractivity contribution in [2.24, 2.45) is 0 Å². The van der Waals surface area contributed by atoms with E-state index in [0.29, 0.717) is 23.5 Å². The molecule has 1 aliphatic carbocycles. The van der Waals surface area contributed by atoms with Crippen molar-refractivity contribution in [3.8, 4) is 0 Å². The third-order valence-corrected chi connectivity index (χ3v) is 3.76. The van der Waals surface area contributed by atoms with Crippen LogP contribution in [0.5, 0.6) is 0 Å². The third-order valence-electron chi connectivity index (χ3n) is 3.76. The molecule has 1 unspecified atom stereocenters. The van der Waals surface area contributed by atoms with Gasteiger partial charge >= 0.3 is 0 Å². The molecule has 4 heteroatoms. The van der Waals surface area contributed by atoms with Gasteiger partial charge in [0.2, 0.25) is 0 Å². The lowest BCUT2D eigenvalue weighted by Gasteiger charge is -2.28. The quantitative estimate of drug-likeness (QED) is 0.865. The van der Waals surface area contributed by atoms with E-state index >= 15 is 0 Å². The maximum Gasteiger partial charge on any atom is 0.198 e. The molecular formula is C14H16O4. The van der Waals surface area contributed by atoms with E-state index in [1.807, 2.05) is 6.92 Å². The molecule has 2 rings (SSSR count). The molecule has 1 N–H and O–H groups in total. The van der Waals surface area contributed by atoms with Crippen molar-refractivity contribution < 1.29 is 14.3 Å².